The first-order valence-electron chi connectivity index (χ1n) is 9.60. The highest BCUT2D eigenvalue weighted by Crippen LogP contribution is 2.32. The van der Waals surface area contributed by atoms with E-state index < -0.39 is 10.9 Å². The Hall–Kier alpha value is -4.10. The molecule has 0 aliphatic rings. The normalized spacial score (nSPS) is 10.9. The summed E-state index contributed by atoms with van der Waals surface area (Å²) in [4.78, 5) is 27.3. The number of pyridine rings is 1. The molecule has 7 heteroatoms. The van der Waals surface area contributed by atoms with Gasteiger partial charge in [-0.25, -0.2) is 9.78 Å². The van der Waals surface area contributed by atoms with E-state index in [2.05, 4.69) is 4.98 Å². The van der Waals surface area contributed by atoms with Crippen LogP contribution in [0.25, 0.3) is 33.3 Å². The van der Waals surface area contributed by atoms with E-state index in [1.54, 1.807) is 30.3 Å². The SMILES string of the molecule is O=C(O)c1cc(-c2ccccc2)nc2cc(-c3cc([N+](=O)[O-])ccc3CCO)ccc12. The molecule has 0 amide bonds. The van der Waals surface area contributed by atoms with E-state index in [9.17, 15) is 25.1 Å². The number of carboxylic acids is 1. The Labute approximate surface area is 177 Å². The topological polar surface area (TPSA) is 114 Å². The maximum Gasteiger partial charge on any atom is 0.336 e. The second-order valence-corrected chi connectivity index (χ2v) is 7.03. The molecule has 2 N–H and O–H groups in total. The zero-order chi connectivity index (χ0) is 22.0. The highest BCUT2D eigenvalue weighted by molar-refractivity contribution is 6.04. The molecule has 4 aromatic rings. The number of aromatic carboxylic acids is 1. The number of nitrogens with zero attached hydrogens (tertiary/aromatic N) is 2. The number of rotatable bonds is 6. The van der Waals surface area contributed by atoms with Crippen molar-refractivity contribution in [2.45, 2.75) is 6.42 Å². The number of aliphatic hydroxyl groups is 1. The lowest BCUT2D eigenvalue weighted by atomic mass is 9.95. The van der Waals surface area contributed by atoms with Crippen LogP contribution in [0.2, 0.25) is 0 Å². The number of aromatic nitrogens is 1. The van der Waals surface area contributed by atoms with Gasteiger partial charge in [-0.1, -0.05) is 48.5 Å². The Morgan fingerprint density at radius 2 is 1.74 bits per heavy atom. The summed E-state index contributed by atoms with van der Waals surface area (Å²) in [6.07, 6.45) is 0.337. The van der Waals surface area contributed by atoms with Crippen LogP contribution in [0, 0.1) is 10.1 Å². The van der Waals surface area contributed by atoms with Gasteiger partial charge in [0.15, 0.2) is 0 Å². The standard InChI is InChI=1S/C24H18N2O5/c27-11-10-15-6-8-18(26(30)31)13-20(15)17-7-9-19-21(24(28)29)14-22(25-23(19)12-17)16-4-2-1-3-5-16/h1-9,12-14,27H,10-11H2,(H,28,29). The van der Waals surface area contributed by atoms with Gasteiger partial charge in [-0.15, -0.1) is 0 Å². The second kappa shape index (κ2) is 8.33. The van der Waals surface area contributed by atoms with E-state index >= 15 is 0 Å². The minimum Gasteiger partial charge on any atom is -0.478 e. The average Bonchev–Trinajstić information content (AvgIpc) is 2.78. The zero-order valence-corrected chi connectivity index (χ0v) is 16.4. The quantitative estimate of drug-likeness (QED) is 0.349. The summed E-state index contributed by atoms with van der Waals surface area (Å²) >= 11 is 0. The Morgan fingerprint density at radius 1 is 0.968 bits per heavy atom. The van der Waals surface area contributed by atoms with Gasteiger partial charge in [-0.05, 0) is 35.2 Å². The van der Waals surface area contributed by atoms with Crippen LogP contribution < -0.4 is 0 Å². The molecule has 3 aromatic carbocycles. The van der Waals surface area contributed by atoms with Gasteiger partial charge in [-0.3, -0.25) is 10.1 Å². The van der Waals surface area contributed by atoms with Crippen LogP contribution in [0.4, 0.5) is 5.69 Å². The van der Waals surface area contributed by atoms with Crippen molar-refractivity contribution in [1.82, 2.24) is 4.98 Å². The molecule has 0 aliphatic carbocycles. The molecule has 0 unspecified atom stereocenters. The van der Waals surface area contributed by atoms with E-state index in [1.165, 1.54) is 12.1 Å². The van der Waals surface area contributed by atoms with Crippen molar-refractivity contribution in [3.8, 4) is 22.4 Å². The second-order valence-electron chi connectivity index (χ2n) is 7.03. The summed E-state index contributed by atoms with van der Waals surface area (Å²) < 4.78 is 0. The number of hydrogen-bond donors (Lipinski definition) is 2. The fourth-order valence-corrected chi connectivity index (χ4v) is 3.61. The van der Waals surface area contributed by atoms with Gasteiger partial charge in [0.05, 0.1) is 21.7 Å². The van der Waals surface area contributed by atoms with Crippen LogP contribution in [0.5, 0.6) is 0 Å². The molecular weight excluding hydrogens is 396 g/mol. The number of non-ortho nitro benzene ring substituents is 1. The van der Waals surface area contributed by atoms with Crippen LogP contribution in [-0.4, -0.2) is 32.7 Å². The Morgan fingerprint density at radius 3 is 2.42 bits per heavy atom. The molecule has 0 spiro atoms. The fraction of sp³-hybridized carbons (Fsp3) is 0.0833. The number of nitro groups is 1. The van der Waals surface area contributed by atoms with Gasteiger partial charge in [-0.2, -0.15) is 0 Å². The lowest BCUT2D eigenvalue weighted by Gasteiger charge is -2.12. The minimum atomic E-state index is -1.06. The van der Waals surface area contributed by atoms with Gasteiger partial charge in [0, 0.05) is 29.7 Å². The molecule has 0 aliphatic heterocycles. The summed E-state index contributed by atoms with van der Waals surface area (Å²) in [6, 6.07) is 20.4. The Kier molecular flexibility index (Phi) is 5.43. The van der Waals surface area contributed by atoms with Crippen molar-refractivity contribution in [2.75, 3.05) is 6.61 Å². The molecule has 31 heavy (non-hydrogen) atoms. The number of nitro benzene ring substituents is 1. The summed E-state index contributed by atoms with van der Waals surface area (Å²) in [5, 5.41) is 30.9. The molecule has 0 saturated carbocycles. The number of fused-ring (bicyclic) bond motifs is 1. The molecule has 0 saturated heterocycles. The number of aliphatic hydroxyl groups excluding tert-OH is 1. The van der Waals surface area contributed by atoms with Crippen LogP contribution in [0.15, 0.2) is 72.8 Å². The Bertz CT molecular complexity index is 1300. The van der Waals surface area contributed by atoms with Gasteiger partial charge in [0.2, 0.25) is 0 Å². The molecule has 0 bridgehead atoms. The third kappa shape index (κ3) is 3.99. The van der Waals surface area contributed by atoms with Crippen molar-refractivity contribution in [1.29, 1.82) is 0 Å². The first kappa shape index (κ1) is 20.2. The summed E-state index contributed by atoms with van der Waals surface area (Å²) in [5.74, 6) is -1.06. The van der Waals surface area contributed by atoms with E-state index in [0.29, 0.717) is 34.1 Å². The third-order valence-electron chi connectivity index (χ3n) is 5.11. The first-order chi connectivity index (χ1) is 15.0. The molecule has 0 fully saturated rings. The minimum absolute atomic E-state index is 0.0611. The third-order valence-corrected chi connectivity index (χ3v) is 5.11. The number of hydrogen-bond acceptors (Lipinski definition) is 5. The van der Waals surface area contributed by atoms with Crippen LogP contribution in [0.1, 0.15) is 15.9 Å². The molecule has 7 nitrogen and oxygen atoms in total. The van der Waals surface area contributed by atoms with Gasteiger partial charge in [0.1, 0.15) is 0 Å². The van der Waals surface area contributed by atoms with Crippen molar-refractivity contribution in [3.05, 3.63) is 94.0 Å². The maximum atomic E-state index is 11.9. The summed E-state index contributed by atoms with van der Waals surface area (Å²) in [6.45, 7) is -0.0992. The van der Waals surface area contributed by atoms with Crippen molar-refractivity contribution in [2.24, 2.45) is 0 Å². The lowest BCUT2D eigenvalue weighted by molar-refractivity contribution is -0.384. The van der Waals surface area contributed by atoms with E-state index in [-0.39, 0.29) is 17.9 Å². The number of benzene rings is 3. The van der Waals surface area contributed by atoms with Gasteiger partial charge in [0.25, 0.3) is 5.69 Å². The summed E-state index contributed by atoms with van der Waals surface area (Å²) in [7, 11) is 0. The predicted molar refractivity (Wildman–Crippen MR) is 117 cm³/mol. The fourth-order valence-electron chi connectivity index (χ4n) is 3.61. The molecule has 4 rings (SSSR count). The smallest absolute Gasteiger partial charge is 0.336 e. The monoisotopic (exact) mass is 414 g/mol. The molecular formula is C24H18N2O5. The van der Waals surface area contributed by atoms with Crippen LogP contribution in [0.3, 0.4) is 0 Å². The number of carbonyl (C=O) groups is 1. The highest BCUT2D eigenvalue weighted by atomic mass is 16.6. The average molecular weight is 414 g/mol. The molecule has 154 valence electrons. The Balaban J connectivity index is 1.95. The van der Waals surface area contributed by atoms with Crippen molar-refractivity contribution >= 4 is 22.6 Å². The van der Waals surface area contributed by atoms with E-state index in [0.717, 1.165) is 11.1 Å². The zero-order valence-electron chi connectivity index (χ0n) is 16.4. The molecule has 0 atom stereocenters. The molecule has 1 aromatic heterocycles. The van der Waals surface area contributed by atoms with Crippen LogP contribution in [-0.2, 0) is 6.42 Å². The molecule has 1 heterocycles. The predicted octanol–water partition coefficient (Wildman–Crippen LogP) is 4.71. The lowest BCUT2D eigenvalue weighted by Crippen LogP contribution is -2.01. The summed E-state index contributed by atoms with van der Waals surface area (Å²) in [5.41, 5.74) is 3.87. The number of carboxylic acid groups (broad SMARTS) is 1. The highest BCUT2D eigenvalue weighted by Gasteiger charge is 2.16. The maximum absolute atomic E-state index is 11.9. The van der Waals surface area contributed by atoms with Gasteiger partial charge >= 0.3 is 5.97 Å². The van der Waals surface area contributed by atoms with Crippen molar-refractivity contribution in [3.63, 3.8) is 0 Å². The molecule has 0 radical (unpaired) electrons. The first-order valence-corrected chi connectivity index (χ1v) is 9.60. The van der Waals surface area contributed by atoms with Crippen molar-refractivity contribution < 1.29 is 19.9 Å². The van der Waals surface area contributed by atoms with E-state index in [4.69, 9.17) is 0 Å². The van der Waals surface area contributed by atoms with E-state index in [1.807, 2.05) is 30.3 Å². The van der Waals surface area contributed by atoms with Crippen LogP contribution >= 0.6 is 0 Å². The van der Waals surface area contributed by atoms with Gasteiger partial charge < -0.3 is 10.2 Å². The largest absolute Gasteiger partial charge is 0.478 e.